The van der Waals surface area contributed by atoms with Crippen LogP contribution in [0.4, 0.5) is 5.69 Å². The SMILES string of the molecule is NS(=O)(=O)c1ccccc1NC1(CO)CCOCC1. The fourth-order valence-electron chi connectivity index (χ4n) is 2.19. The minimum absolute atomic E-state index is 0.0364. The number of primary sulfonamides is 1. The summed E-state index contributed by atoms with van der Waals surface area (Å²) in [6.07, 6.45) is 1.23. The molecule has 2 rings (SSSR count). The Balaban J connectivity index is 2.32. The average Bonchev–Trinajstić information content (AvgIpc) is 2.39. The number of anilines is 1. The van der Waals surface area contributed by atoms with Crippen molar-refractivity contribution in [3.8, 4) is 0 Å². The first kappa shape index (κ1) is 14.3. The summed E-state index contributed by atoms with van der Waals surface area (Å²) in [5, 5.41) is 17.9. The van der Waals surface area contributed by atoms with E-state index in [0.29, 0.717) is 31.7 Å². The Hall–Kier alpha value is -1.15. The lowest BCUT2D eigenvalue weighted by molar-refractivity contribution is 0.0379. The number of hydrogen-bond donors (Lipinski definition) is 3. The van der Waals surface area contributed by atoms with Crippen LogP contribution in [-0.4, -0.2) is 38.9 Å². The highest BCUT2D eigenvalue weighted by Gasteiger charge is 2.33. The molecule has 0 unspecified atom stereocenters. The van der Waals surface area contributed by atoms with Gasteiger partial charge in [0.1, 0.15) is 4.90 Å². The van der Waals surface area contributed by atoms with E-state index in [9.17, 15) is 13.5 Å². The predicted molar refractivity (Wildman–Crippen MR) is 71.3 cm³/mol. The first-order valence-corrected chi connectivity index (χ1v) is 7.60. The highest BCUT2D eigenvalue weighted by molar-refractivity contribution is 7.89. The minimum atomic E-state index is -3.79. The van der Waals surface area contributed by atoms with Gasteiger partial charge in [-0.05, 0) is 25.0 Å². The third-order valence-electron chi connectivity index (χ3n) is 3.35. The van der Waals surface area contributed by atoms with Crippen LogP contribution in [0.5, 0.6) is 0 Å². The molecule has 0 aliphatic carbocycles. The van der Waals surface area contributed by atoms with Gasteiger partial charge in [-0.15, -0.1) is 0 Å². The number of nitrogens with two attached hydrogens (primary N) is 1. The molecule has 7 heteroatoms. The summed E-state index contributed by atoms with van der Waals surface area (Å²) in [6.45, 7) is 0.978. The number of aliphatic hydroxyl groups excluding tert-OH is 1. The number of ether oxygens (including phenoxy) is 1. The number of para-hydroxylation sites is 1. The molecule has 0 radical (unpaired) electrons. The summed E-state index contributed by atoms with van der Waals surface area (Å²) < 4.78 is 28.3. The molecular weight excluding hydrogens is 268 g/mol. The van der Waals surface area contributed by atoms with E-state index in [-0.39, 0.29) is 11.5 Å². The normalized spacial score (nSPS) is 19.1. The minimum Gasteiger partial charge on any atom is -0.394 e. The Kier molecular flexibility index (Phi) is 4.10. The van der Waals surface area contributed by atoms with Gasteiger partial charge in [0.2, 0.25) is 10.0 Å². The van der Waals surface area contributed by atoms with Crippen LogP contribution in [-0.2, 0) is 14.8 Å². The van der Waals surface area contributed by atoms with Gasteiger partial charge >= 0.3 is 0 Å². The lowest BCUT2D eigenvalue weighted by Crippen LogP contribution is -2.47. The molecule has 19 heavy (non-hydrogen) atoms. The van der Waals surface area contributed by atoms with Gasteiger partial charge < -0.3 is 15.2 Å². The molecule has 1 aliphatic rings. The molecule has 1 heterocycles. The molecule has 1 aliphatic heterocycles. The Morgan fingerprint density at radius 2 is 1.95 bits per heavy atom. The van der Waals surface area contributed by atoms with E-state index in [2.05, 4.69) is 5.32 Å². The summed E-state index contributed by atoms with van der Waals surface area (Å²) in [5.74, 6) is 0. The van der Waals surface area contributed by atoms with Gasteiger partial charge in [-0.3, -0.25) is 0 Å². The van der Waals surface area contributed by atoms with Crippen molar-refractivity contribution in [1.82, 2.24) is 0 Å². The maximum atomic E-state index is 11.5. The van der Waals surface area contributed by atoms with E-state index >= 15 is 0 Å². The van der Waals surface area contributed by atoms with Crippen LogP contribution in [0.25, 0.3) is 0 Å². The monoisotopic (exact) mass is 286 g/mol. The standard InChI is InChI=1S/C12H18N2O4S/c13-19(16,17)11-4-2-1-3-10(11)14-12(9-15)5-7-18-8-6-12/h1-4,14-15H,5-9H2,(H2,13,16,17). The number of benzene rings is 1. The maximum absolute atomic E-state index is 11.5. The van der Waals surface area contributed by atoms with E-state index in [0.717, 1.165) is 0 Å². The van der Waals surface area contributed by atoms with Crippen molar-refractivity contribution >= 4 is 15.7 Å². The van der Waals surface area contributed by atoms with Crippen LogP contribution >= 0.6 is 0 Å². The van der Waals surface area contributed by atoms with Crippen molar-refractivity contribution in [3.63, 3.8) is 0 Å². The van der Waals surface area contributed by atoms with E-state index in [1.165, 1.54) is 6.07 Å². The van der Waals surface area contributed by atoms with Crippen molar-refractivity contribution in [2.24, 2.45) is 5.14 Å². The molecule has 1 saturated heterocycles. The second kappa shape index (κ2) is 5.46. The van der Waals surface area contributed by atoms with E-state index in [1.807, 2.05) is 0 Å². The smallest absolute Gasteiger partial charge is 0.240 e. The zero-order chi connectivity index (χ0) is 13.9. The molecule has 0 atom stereocenters. The lowest BCUT2D eigenvalue weighted by atomic mass is 9.90. The summed E-state index contributed by atoms with van der Waals surface area (Å²) in [5.41, 5.74) is -0.139. The molecule has 1 aromatic carbocycles. The van der Waals surface area contributed by atoms with Gasteiger partial charge in [-0.1, -0.05) is 12.1 Å². The third kappa shape index (κ3) is 3.24. The molecule has 0 saturated carbocycles. The Bertz CT molecular complexity index is 538. The zero-order valence-corrected chi connectivity index (χ0v) is 11.3. The fourth-order valence-corrected chi connectivity index (χ4v) is 2.88. The topological polar surface area (TPSA) is 102 Å². The number of rotatable bonds is 4. The molecule has 1 aromatic rings. The summed E-state index contributed by atoms with van der Waals surface area (Å²) >= 11 is 0. The van der Waals surface area contributed by atoms with Crippen molar-refractivity contribution < 1.29 is 18.3 Å². The molecule has 0 aromatic heterocycles. The van der Waals surface area contributed by atoms with Crippen LogP contribution in [0.2, 0.25) is 0 Å². The van der Waals surface area contributed by atoms with Gasteiger partial charge in [0.15, 0.2) is 0 Å². The highest BCUT2D eigenvalue weighted by atomic mass is 32.2. The first-order chi connectivity index (χ1) is 8.97. The molecule has 106 valence electrons. The van der Waals surface area contributed by atoms with Gasteiger partial charge in [-0.2, -0.15) is 0 Å². The van der Waals surface area contributed by atoms with E-state index < -0.39 is 15.6 Å². The number of hydrogen-bond acceptors (Lipinski definition) is 5. The van der Waals surface area contributed by atoms with Gasteiger partial charge in [0, 0.05) is 13.2 Å². The van der Waals surface area contributed by atoms with Crippen LogP contribution in [0.1, 0.15) is 12.8 Å². The van der Waals surface area contributed by atoms with Crippen molar-refractivity contribution in [1.29, 1.82) is 0 Å². The zero-order valence-electron chi connectivity index (χ0n) is 10.5. The average molecular weight is 286 g/mol. The number of sulfonamides is 1. The van der Waals surface area contributed by atoms with Crippen molar-refractivity contribution in [2.45, 2.75) is 23.3 Å². The quantitative estimate of drug-likeness (QED) is 0.738. The first-order valence-electron chi connectivity index (χ1n) is 6.05. The summed E-state index contributed by atoms with van der Waals surface area (Å²) in [6, 6.07) is 6.43. The van der Waals surface area contributed by atoms with Crippen LogP contribution in [0, 0.1) is 0 Å². The molecule has 0 spiro atoms. The molecule has 4 N–H and O–H groups in total. The fraction of sp³-hybridized carbons (Fsp3) is 0.500. The summed E-state index contributed by atoms with van der Waals surface area (Å²) in [7, 11) is -3.79. The second-order valence-electron chi connectivity index (χ2n) is 4.72. The molecule has 1 fully saturated rings. The van der Waals surface area contributed by atoms with Crippen molar-refractivity contribution in [2.75, 3.05) is 25.1 Å². The van der Waals surface area contributed by atoms with Crippen LogP contribution < -0.4 is 10.5 Å². The molecule has 0 amide bonds. The van der Waals surface area contributed by atoms with Gasteiger partial charge in [0.05, 0.1) is 17.8 Å². The largest absolute Gasteiger partial charge is 0.394 e. The second-order valence-corrected chi connectivity index (χ2v) is 6.25. The molecule has 6 nitrogen and oxygen atoms in total. The summed E-state index contributed by atoms with van der Waals surface area (Å²) in [4.78, 5) is 0.0364. The third-order valence-corrected chi connectivity index (χ3v) is 4.32. The Morgan fingerprint density at radius 1 is 1.32 bits per heavy atom. The maximum Gasteiger partial charge on any atom is 0.240 e. The van der Waals surface area contributed by atoms with E-state index in [4.69, 9.17) is 9.88 Å². The molecular formula is C12H18N2O4S. The highest BCUT2D eigenvalue weighted by Crippen LogP contribution is 2.29. The number of aliphatic hydroxyl groups is 1. The van der Waals surface area contributed by atoms with Gasteiger partial charge in [-0.25, -0.2) is 13.6 Å². The number of nitrogens with one attached hydrogen (secondary N) is 1. The molecule has 0 bridgehead atoms. The van der Waals surface area contributed by atoms with Crippen LogP contribution in [0.3, 0.4) is 0 Å². The predicted octanol–water partition coefficient (Wildman–Crippen LogP) is 0.287. The Morgan fingerprint density at radius 3 is 2.53 bits per heavy atom. The van der Waals surface area contributed by atoms with Crippen molar-refractivity contribution in [3.05, 3.63) is 24.3 Å². The van der Waals surface area contributed by atoms with Crippen LogP contribution in [0.15, 0.2) is 29.2 Å². The van der Waals surface area contributed by atoms with E-state index in [1.54, 1.807) is 18.2 Å². The van der Waals surface area contributed by atoms with Gasteiger partial charge in [0.25, 0.3) is 0 Å². The Labute approximate surface area is 112 Å². The lowest BCUT2D eigenvalue weighted by Gasteiger charge is -2.37.